The van der Waals surface area contributed by atoms with Crippen molar-refractivity contribution in [1.29, 1.82) is 0 Å². The van der Waals surface area contributed by atoms with E-state index in [0.717, 1.165) is 14.3 Å². The lowest BCUT2D eigenvalue weighted by Crippen LogP contribution is -1.95. The number of halogens is 2. The summed E-state index contributed by atoms with van der Waals surface area (Å²) in [6, 6.07) is 12.3. The van der Waals surface area contributed by atoms with E-state index in [1.807, 2.05) is 24.3 Å². The van der Waals surface area contributed by atoms with Crippen LogP contribution in [-0.4, -0.2) is 5.11 Å². The van der Waals surface area contributed by atoms with Crippen LogP contribution in [0.3, 0.4) is 0 Å². The van der Waals surface area contributed by atoms with Crippen molar-refractivity contribution in [2.24, 2.45) is 0 Å². The van der Waals surface area contributed by atoms with Gasteiger partial charge in [0.05, 0.1) is 6.10 Å². The molecule has 1 nitrogen and oxygen atoms in total. The van der Waals surface area contributed by atoms with Gasteiger partial charge in [0.25, 0.3) is 0 Å². The average molecular weight is 327 g/mol. The molecule has 0 fully saturated rings. The van der Waals surface area contributed by atoms with Gasteiger partial charge in [0.1, 0.15) is 5.82 Å². The molecule has 2 aromatic rings. The van der Waals surface area contributed by atoms with Crippen LogP contribution in [-0.2, 0) is 0 Å². The fourth-order valence-electron chi connectivity index (χ4n) is 1.58. The highest BCUT2D eigenvalue weighted by atomic mass is 79.9. The maximum Gasteiger partial charge on any atom is 0.123 e. The summed E-state index contributed by atoms with van der Waals surface area (Å²) in [6.45, 7) is 1.64. The molecule has 1 unspecified atom stereocenters. The van der Waals surface area contributed by atoms with E-state index in [0.29, 0.717) is 5.56 Å². The Balaban J connectivity index is 2.37. The molecular weight excluding hydrogens is 315 g/mol. The highest BCUT2D eigenvalue weighted by Crippen LogP contribution is 2.37. The van der Waals surface area contributed by atoms with Gasteiger partial charge < -0.3 is 5.11 Å². The van der Waals surface area contributed by atoms with E-state index in [9.17, 15) is 9.50 Å². The van der Waals surface area contributed by atoms with Gasteiger partial charge in [-0.1, -0.05) is 23.9 Å². The molecule has 0 heterocycles. The topological polar surface area (TPSA) is 20.2 Å². The zero-order valence-corrected chi connectivity index (χ0v) is 12.1. The van der Waals surface area contributed by atoms with Crippen LogP contribution < -0.4 is 0 Å². The van der Waals surface area contributed by atoms with E-state index >= 15 is 0 Å². The second-order valence-corrected chi connectivity index (χ2v) is 5.83. The maximum absolute atomic E-state index is 13.2. The molecule has 0 aliphatic carbocycles. The molecule has 0 aliphatic rings. The first-order valence-electron chi connectivity index (χ1n) is 5.48. The lowest BCUT2D eigenvalue weighted by molar-refractivity contribution is 0.196. The van der Waals surface area contributed by atoms with Crippen molar-refractivity contribution in [3.05, 3.63) is 58.3 Å². The van der Waals surface area contributed by atoms with Crippen LogP contribution in [0.25, 0.3) is 0 Å². The van der Waals surface area contributed by atoms with Crippen molar-refractivity contribution in [2.45, 2.75) is 22.8 Å². The number of hydrogen-bond acceptors (Lipinski definition) is 2. The van der Waals surface area contributed by atoms with Gasteiger partial charge in [0.2, 0.25) is 0 Å². The monoisotopic (exact) mass is 326 g/mol. The molecule has 0 radical (unpaired) electrons. The lowest BCUT2D eigenvalue weighted by Gasteiger charge is -2.12. The fourth-order valence-corrected chi connectivity index (χ4v) is 3.14. The fraction of sp³-hybridized carbons (Fsp3) is 0.143. The Morgan fingerprint density at radius 3 is 2.56 bits per heavy atom. The molecule has 0 saturated heterocycles. The van der Waals surface area contributed by atoms with Gasteiger partial charge in [-0.15, -0.1) is 0 Å². The molecule has 18 heavy (non-hydrogen) atoms. The number of rotatable bonds is 3. The second kappa shape index (κ2) is 5.87. The largest absolute Gasteiger partial charge is 0.389 e. The molecule has 0 spiro atoms. The van der Waals surface area contributed by atoms with Gasteiger partial charge in [-0.2, -0.15) is 0 Å². The summed E-state index contributed by atoms with van der Waals surface area (Å²) in [7, 11) is 0. The Kier molecular flexibility index (Phi) is 4.43. The number of aliphatic hydroxyl groups is 1. The quantitative estimate of drug-likeness (QED) is 0.874. The summed E-state index contributed by atoms with van der Waals surface area (Å²) in [6.07, 6.45) is -0.689. The highest BCUT2D eigenvalue weighted by Gasteiger charge is 2.11. The van der Waals surface area contributed by atoms with E-state index < -0.39 is 6.10 Å². The Bertz CT molecular complexity index is 557. The summed E-state index contributed by atoms with van der Waals surface area (Å²) in [5.74, 6) is -0.331. The van der Waals surface area contributed by atoms with Crippen LogP contribution >= 0.6 is 27.7 Å². The molecule has 0 bridgehead atoms. The van der Waals surface area contributed by atoms with Gasteiger partial charge in [-0.25, -0.2) is 4.39 Å². The summed E-state index contributed by atoms with van der Waals surface area (Å²) >= 11 is 4.98. The van der Waals surface area contributed by atoms with Gasteiger partial charge in [-0.05, 0) is 58.7 Å². The summed E-state index contributed by atoms with van der Waals surface area (Å²) in [5, 5.41) is 9.68. The minimum Gasteiger partial charge on any atom is -0.389 e. The van der Waals surface area contributed by atoms with E-state index in [1.165, 1.54) is 23.9 Å². The zero-order chi connectivity index (χ0) is 13.1. The van der Waals surface area contributed by atoms with Gasteiger partial charge in [0, 0.05) is 14.3 Å². The van der Waals surface area contributed by atoms with Crippen LogP contribution in [0.5, 0.6) is 0 Å². The first kappa shape index (κ1) is 13.6. The molecule has 0 aliphatic heterocycles. The third kappa shape index (κ3) is 3.13. The summed E-state index contributed by atoms with van der Waals surface area (Å²) in [4.78, 5) is 1.89. The molecule has 94 valence electrons. The number of hydrogen-bond donors (Lipinski definition) is 1. The van der Waals surface area contributed by atoms with Crippen molar-refractivity contribution in [3.8, 4) is 0 Å². The summed E-state index contributed by atoms with van der Waals surface area (Å²) < 4.78 is 14.2. The van der Waals surface area contributed by atoms with Crippen LogP contribution in [0.4, 0.5) is 4.39 Å². The molecule has 1 atom stereocenters. The molecule has 0 aromatic heterocycles. The maximum atomic E-state index is 13.2. The van der Waals surface area contributed by atoms with Crippen molar-refractivity contribution in [2.75, 3.05) is 0 Å². The lowest BCUT2D eigenvalue weighted by atomic mass is 10.1. The van der Waals surface area contributed by atoms with E-state index in [-0.39, 0.29) is 5.82 Å². The predicted octanol–water partition coefficient (Wildman–Crippen LogP) is 4.79. The molecule has 4 heteroatoms. The standard InChI is InChI=1S/C14H12BrFOS/c1-9(17)11-8-10(16)6-7-13(11)18-14-5-3-2-4-12(14)15/h2-9,17H,1H3. The molecule has 2 rings (SSSR count). The van der Waals surface area contributed by atoms with Crippen LogP contribution in [0, 0.1) is 5.82 Å². The number of aliphatic hydroxyl groups excluding tert-OH is 1. The van der Waals surface area contributed by atoms with Crippen LogP contribution in [0.15, 0.2) is 56.7 Å². The Labute approximate surface area is 118 Å². The smallest absolute Gasteiger partial charge is 0.123 e. The van der Waals surface area contributed by atoms with Gasteiger partial charge >= 0.3 is 0 Å². The Morgan fingerprint density at radius 1 is 1.17 bits per heavy atom. The molecule has 0 saturated carbocycles. The molecular formula is C14H12BrFOS. The SMILES string of the molecule is CC(O)c1cc(F)ccc1Sc1ccccc1Br. The van der Waals surface area contributed by atoms with Crippen molar-refractivity contribution >= 4 is 27.7 Å². The molecule has 2 aromatic carbocycles. The predicted molar refractivity (Wildman–Crippen MR) is 75.3 cm³/mol. The Morgan fingerprint density at radius 2 is 1.89 bits per heavy atom. The van der Waals surface area contributed by atoms with Crippen LogP contribution in [0.1, 0.15) is 18.6 Å². The summed E-state index contributed by atoms with van der Waals surface area (Å²) in [5.41, 5.74) is 0.607. The minimum atomic E-state index is -0.689. The van der Waals surface area contributed by atoms with E-state index in [1.54, 1.807) is 13.0 Å². The Hall–Kier alpha value is -0.840. The van der Waals surface area contributed by atoms with Crippen LogP contribution in [0.2, 0.25) is 0 Å². The third-order valence-corrected chi connectivity index (χ3v) is 4.60. The first-order chi connectivity index (χ1) is 8.58. The first-order valence-corrected chi connectivity index (χ1v) is 7.09. The van der Waals surface area contributed by atoms with Crippen molar-refractivity contribution in [1.82, 2.24) is 0 Å². The van der Waals surface area contributed by atoms with E-state index in [4.69, 9.17) is 0 Å². The highest BCUT2D eigenvalue weighted by molar-refractivity contribution is 9.10. The molecule has 0 amide bonds. The second-order valence-electron chi connectivity index (χ2n) is 3.89. The third-order valence-electron chi connectivity index (χ3n) is 2.48. The average Bonchev–Trinajstić information content (AvgIpc) is 2.34. The van der Waals surface area contributed by atoms with Crippen molar-refractivity contribution in [3.63, 3.8) is 0 Å². The van der Waals surface area contributed by atoms with Crippen molar-refractivity contribution < 1.29 is 9.50 Å². The minimum absolute atomic E-state index is 0.331. The normalized spacial score (nSPS) is 12.4. The van der Waals surface area contributed by atoms with Gasteiger partial charge in [-0.3, -0.25) is 0 Å². The number of benzene rings is 2. The molecule has 1 N–H and O–H groups in total. The zero-order valence-electron chi connectivity index (χ0n) is 9.73. The van der Waals surface area contributed by atoms with E-state index in [2.05, 4.69) is 15.9 Å². The van der Waals surface area contributed by atoms with Gasteiger partial charge in [0.15, 0.2) is 0 Å².